The van der Waals surface area contributed by atoms with Crippen molar-refractivity contribution < 1.29 is 23.4 Å². The molecule has 4 aromatic carbocycles. The van der Waals surface area contributed by atoms with E-state index < -0.39 is 8.32 Å². The summed E-state index contributed by atoms with van der Waals surface area (Å²) in [4.78, 5) is 13.5. The normalized spacial score (nSPS) is 11.7. The van der Waals surface area contributed by atoms with E-state index in [9.17, 15) is 4.79 Å². The highest BCUT2D eigenvalue weighted by Gasteiger charge is 2.52. The summed E-state index contributed by atoms with van der Waals surface area (Å²) in [6.07, 6.45) is 0. The maximum atomic E-state index is 13.5. The van der Waals surface area contributed by atoms with E-state index in [0.717, 1.165) is 21.5 Å². The van der Waals surface area contributed by atoms with Crippen LogP contribution in [-0.2, 0) is 11.3 Å². The number of ether oxygens (including phenoxy) is 3. The highest BCUT2D eigenvalue weighted by molar-refractivity contribution is 7.00. The second kappa shape index (κ2) is 12.5. The van der Waals surface area contributed by atoms with E-state index in [2.05, 4.69) is 69.3 Å². The maximum absolute atomic E-state index is 13.5. The van der Waals surface area contributed by atoms with Gasteiger partial charge in [-0.1, -0.05) is 112 Å². The molecule has 0 atom stereocenters. The third-order valence-electron chi connectivity index (χ3n) is 7.17. The Labute approximate surface area is 238 Å². The van der Waals surface area contributed by atoms with Gasteiger partial charge in [-0.3, -0.25) is 4.79 Å². The van der Waals surface area contributed by atoms with Gasteiger partial charge < -0.3 is 18.6 Å². The Morgan fingerprint density at radius 1 is 0.750 bits per heavy atom. The van der Waals surface area contributed by atoms with Crippen LogP contribution in [0.5, 0.6) is 17.2 Å². The second-order valence-corrected chi connectivity index (χ2v) is 15.0. The van der Waals surface area contributed by atoms with Crippen molar-refractivity contribution in [3.63, 3.8) is 0 Å². The van der Waals surface area contributed by atoms with Gasteiger partial charge >= 0.3 is 8.32 Å². The summed E-state index contributed by atoms with van der Waals surface area (Å²) >= 11 is 0. The number of hydrogen-bond donors (Lipinski definition) is 0. The molecule has 40 heavy (non-hydrogen) atoms. The third kappa shape index (κ3) is 5.83. The largest absolute Gasteiger partial charge is 0.534 e. The SMILES string of the molecule is COc1c(C(=O)COCc2ccccc2)cc(O[Si](c2ccccc2)(c2ccccc2)C(C)(C)C)c(C)c1OC. The van der Waals surface area contributed by atoms with Crippen molar-refractivity contribution in [3.05, 3.63) is 114 Å². The molecule has 5 nitrogen and oxygen atoms in total. The van der Waals surface area contributed by atoms with E-state index in [1.54, 1.807) is 20.3 Å². The lowest BCUT2D eigenvalue weighted by atomic mass is 10.0. The first-order valence-electron chi connectivity index (χ1n) is 13.4. The van der Waals surface area contributed by atoms with Gasteiger partial charge in [0.25, 0.3) is 0 Å². The Bertz CT molecular complexity index is 1370. The molecule has 0 aromatic heterocycles. The van der Waals surface area contributed by atoms with Crippen LogP contribution < -0.4 is 24.3 Å². The highest BCUT2D eigenvalue weighted by Crippen LogP contribution is 2.44. The van der Waals surface area contributed by atoms with Crippen LogP contribution in [0.1, 0.15) is 42.3 Å². The molecule has 0 aliphatic carbocycles. The minimum Gasteiger partial charge on any atom is -0.534 e. The molecule has 0 heterocycles. The molecule has 0 aliphatic rings. The van der Waals surface area contributed by atoms with Gasteiger partial charge in [-0.2, -0.15) is 0 Å². The number of benzene rings is 4. The number of ketones is 1. The summed E-state index contributed by atoms with van der Waals surface area (Å²) in [5.74, 6) is 1.24. The van der Waals surface area contributed by atoms with Crippen molar-refractivity contribution >= 4 is 24.5 Å². The molecule has 4 aromatic rings. The molecule has 0 radical (unpaired) electrons. The molecule has 6 heteroatoms. The minimum atomic E-state index is -2.95. The fourth-order valence-electron chi connectivity index (χ4n) is 5.20. The first-order valence-corrected chi connectivity index (χ1v) is 15.3. The quantitative estimate of drug-likeness (QED) is 0.160. The van der Waals surface area contributed by atoms with Crippen molar-refractivity contribution in [2.45, 2.75) is 39.3 Å². The van der Waals surface area contributed by atoms with Gasteiger partial charge in [0.15, 0.2) is 17.3 Å². The van der Waals surface area contributed by atoms with E-state index in [1.807, 2.05) is 49.4 Å². The predicted octanol–water partition coefficient (Wildman–Crippen LogP) is 6.35. The first-order chi connectivity index (χ1) is 19.2. The van der Waals surface area contributed by atoms with Gasteiger partial charge in [0, 0.05) is 5.56 Å². The predicted molar refractivity (Wildman–Crippen MR) is 163 cm³/mol. The average Bonchev–Trinajstić information content (AvgIpc) is 2.97. The van der Waals surface area contributed by atoms with Crippen molar-refractivity contribution in [1.29, 1.82) is 0 Å². The summed E-state index contributed by atoms with van der Waals surface area (Å²) in [5, 5.41) is 2.03. The number of rotatable bonds is 11. The Kier molecular flexibility index (Phi) is 9.13. The van der Waals surface area contributed by atoms with Crippen LogP contribution >= 0.6 is 0 Å². The van der Waals surface area contributed by atoms with E-state index >= 15 is 0 Å². The minimum absolute atomic E-state index is 0.101. The first kappa shape index (κ1) is 29.1. The van der Waals surface area contributed by atoms with Crippen LogP contribution in [0, 0.1) is 6.92 Å². The molecule has 0 saturated heterocycles. The van der Waals surface area contributed by atoms with Crippen molar-refractivity contribution in [2.24, 2.45) is 0 Å². The Hall–Kier alpha value is -3.87. The molecule has 0 bridgehead atoms. The topological polar surface area (TPSA) is 54.0 Å². The lowest BCUT2D eigenvalue weighted by molar-refractivity contribution is 0.0723. The Morgan fingerprint density at radius 2 is 1.25 bits per heavy atom. The van der Waals surface area contributed by atoms with Gasteiger partial charge in [0.2, 0.25) is 0 Å². The summed E-state index contributed by atoms with van der Waals surface area (Å²) in [7, 11) is 0.173. The molecule has 0 aliphatic heterocycles. The highest BCUT2D eigenvalue weighted by atomic mass is 28.4. The second-order valence-electron chi connectivity index (χ2n) is 10.8. The zero-order valence-corrected chi connectivity index (χ0v) is 25.2. The van der Waals surface area contributed by atoms with Gasteiger partial charge in [-0.25, -0.2) is 0 Å². The van der Waals surface area contributed by atoms with E-state index in [0.29, 0.717) is 29.4 Å². The summed E-state index contributed by atoms with van der Waals surface area (Å²) in [5.41, 5.74) is 2.14. The van der Waals surface area contributed by atoms with Crippen LogP contribution in [0.4, 0.5) is 0 Å². The molecule has 0 saturated carbocycles. The number of carbonyl (C=O) groups is 1. The molecule has 0 N–H and O–H groups in total. The van der Waals surface area contributed by atoms with Gasteiger partial charge in [0.1, 0.15) is 12.4 Å². The summed E-state index contributed by atoms with van der Waals surface area (Å²) in [6, 6.07) is 32.4. The molecule has 4 rings (SSSR count). The van der Waals surface area contributed by atoms with E-state index in [-0.39, 0.29) is 17.4 Å². The summed E-state index contributed by atoms with van der Waals surface area (Å²) < 4.78 is 24.6. The zero-order valence-electron chi connectivity index (χ0n) is 24.2. The fraction of sp³-hybridized carbons (Fsp3) is 0.265. The monoisotopic (exact) mass is 554 g/mol. The summed E-state index contributed by atoms with van der Waals surface area (Å²) in [6.45, 7) is 8.84. The third-order valence-corrected chi connectivity index (χ3v) is 12.1. The average molecular weight is 555 g/mol. The van der Waals surface area contributed by atoms with Crippen molar-refractivity contribution in [2.75, 3.05) is 20.8 Å². The number of methoxy groups -OCH3 is 2. The molecule has 0 unspecified atom stereocenters. The number of Topliss-reactive ketones (excluding diaryl/α,β-unsaturated/α-hetero) is 1. The lowest BCUT2D eigenvalue weighted by Gasteiger charge is -2.43. The van der Waals surface area contributed by atoms with Crippen molar-refractivity contribution in [3.8, 4) is 17.2 Å². The zero-order chi connectivity index (χ0) is 28.8. The molecular weight excluding hydrogens is 516 g/mol. The van der Waals surface area contributed by atoms with Crippen molar-refractivity contribution in [1.82, 2.24) is 0 Å². The number of carbonyl (C=O) groups excluding carboxylic acids is 1. The van der Waals surface area contributed by atoms with Gasteiger partial charge in [-0.05, 0) is 34.0 Å². The van der Waals surface area contributed by atoms with Crippen LogP contribution in [-0.4, -0.2) is 34.9 Å². The fourth-order valence-corrected chi connectivity index (χ4v) is 9.67. The molecule has 208 valence electrons. The van der Waals surface area contributed by atoms with E-state index in [4.69, 9.17) is 18.6 Å². The molecular formula is C34H38O5Si. The Morgan fingerprint density at radius 3 is 1.73 bits per heavy atom. The number of hydrogen-bond acceptors (Lipinski definition) is 5. The van der Waals surface area contributed by atoms with Gasteiger partial charge in [-0.15, -0.1) is 0 Å². The van der Waals surface area contributed by atoms with Gasteiger partial charge in [0.05, 0.1) is 26.4 Å². The van der Waals surface area contributed by atoms with Crippen LogP contribution in [0.3, 0.4) is 0 Å². The molecule has 0 amide bonds. The van der Waals surface area contributed by atoms with Crippen LogP contribution in [0.2, 0.25) is 5.04 Å². The lowest BCUT2D eigenvalue weighted by Crippen LogP contribution is -2.68. The molecule has 0 spiro atoms. The molecule has 0 fully saturated rings. The standard InChI is InChI=1S/C34H38O5Si/c1-25-31(39-40(34(2,3)4,27-18-12-8-13-19-27)28-20-14-9-15-21-28)22-29(33(37-6)32(25)36-5)30(35)24-38-23-26-16-10-7-11-17-26/h7-22H,23-24H2,1-6H3. The Balaban J connectivity index is 1.82. The van der Waals surface area contributed by atoms with Crippen LogP contribution in [0.15, 0.2) is 97.1 Å². The smallest absolute Gasteiger partial charge is 0.319 e. The van der Waals surface area contributed by atoms with E-state index in [1.165, 1.54) is 0 Å². The van der Waals surface area contributed by atoms with Crippen LogP contribution in [0.25, 0.3) is 0 Å². The maximum Gasteiger partial charge on any atom is 0.319 e.